The molecule has 1 amide bonds. The molecular weight excluding hydrogens is 272 g/mol. The maximum Gasteiger partial charge on any atom is 0.256 e. The van der Waals surface area contributed by atoms with Gasteiger partial charge < -0.3 is 4.90 Å². The minimum absolute atomic E-state index is 0.137. The number of hydrogen-bond acceptors (Lipinski definition) is 2. The highest BCUT2D eigenvalue weighted by Gasteiger charge is 2.57. The lowest BCUT2D eigenvalue weighted by molar-refractivity contribution is 0.0766. The van der Waals surface area contributed by atoms with Crippen LogP contribution in [0.5, 0.6) is 0 Å². The van der Waals surface area contributed by atoms with E-state index in [0.29, 0.717) is 11.3 Å². The van der Waals surface area contributed by atoms with Crippen molar-refractivity contribution in [2.24, 2.45) is 11.3 Å². The lowest BCUT2D eigenvalue weighted by Crippen LogP contribution is -2.32. The van der Waals surface area contributed by atoms with Crippen molar-refractivity contribution in [1.82, 2.24) is 9.88 Å². The Labute approximate surface area is 131 Å². The van der Waals surface area contributed by atoms with Crippen LogP contribution in [0.25, 0.3) is 11.1 Å². The number of carbonyl (C=O) groups excluding carboxylic acids is 1. The van der Waals surface area contributed by atoms with Crippen LogP contribution in [0.2, 0.25) is 0 Å². The van der Waals surface area contributed by atoms with Gasteiger partial charge in [0.1, 0.15) is 0 Å². The van der Waals surface area contributed by atoms with E-state index in [4.69, 9.17) is 0 Å². The molecule has 0 spiro atoms. The molecule has 1 saturated carbocycles. The highest BCUT2D eigenvalue weighted by molar-refractivity contribution is 6.02. The summed E-state index contributed by atoms with van der Waals surface area (Å²) in [7, 11) is 0. The van der Waals surface area contributed by atoms with Crippen LogP contribution in [0, 0.1) is 18.3 Å². The summed E-state index contributed by atoms with van der Waals surface area (Å²) in [5.41, 5.74) is 4.02. The molecule has 1 aromatic heterocycles. The zero-order chi connectivity index (χ0) is 15.3. The summed E-state index contributed by atoms with van der Waals surface area (Å²) in [4.78, 5) is 19.4. The zero-order valence-electron chi connectivity index (χ0n) is 13.0. The second-order valence-electron chi connectivity index (χ2n) is 6.93. The van der Waals surface area contributed by atoms with Crippen LogP contribution in [-0.4, -0.2) is 28.9 Å². The molecule has 1 aromatic carbocycles. The molecule has 3 nitrogen and oxygen atoms in total. The number of piperidine rings is 1. The van der Waals surface area contributed by atoms with Crippen molar-refractivity contribution in [3.63, 3.8) is 0 Å². The number of hydrogen-bond donors (Lipinski definition) is 0. The Hall–Kier alpha value is -2.16. The first kappa shape index (κ1) is 13.5. The molecule has 2 aromatic rings. The van der Waals surface area contributed by atoms with E-state index in [0.717, 1.165) is 35.5 Å². The van der Waals surface area contributed by atoms with Gasteiger partial charge in [-0.25, -0.2) is 0 Å². The van der Waals surface area contributed by atoms with Gasteiger partial charge in [0.15, 0.2) is 0 Å². The molecule has 0 N–H and O–H groups in total. The molecule has 2 heterocycles. The van der Waals surface area contributed by atoms with Crippen LogP contribution in [-0.2, 0) is 0 Å². The van der Waals surface area contributed by atoms with Gasteiger partial charge in [-0.1, -0.05) is 37.3 Å². The van der Waals surface area contributed by atoms with Crippen molar-refractivity contribution in [3.8, 4) is 11.1 Å². The Morgan fingerprint density at radius 3 is 2.73 bits per heavy atom. The minimum Gasteiger partial charge on any atom is -0.338 e. The third-order valence-corrected chi connectivity index (χ3v) is 5.26. The molecular formula is C19H20N2O. The molecule has 1 aliphatic heterocycles. The smallest absolute Gasteiger partial charge is 0.256 e. The summed E-state index contributed by atoms with van der Waals surface area (Å²) in [6.45, 7) is 6.01. The van der Waals surface area contributed by atoms with E-state index in [1.165, 1.54) is 6.42 Å². The number of rotatable bonds is 2. The predicted molar refractivity (Wildman–Crippen MR) is 86.5 cm³/mol. The summed E-state index contributed by atoms with van der Waals surface area (Å²) in [6.07, 6.45) is 3.06. The maximum absolute atomic E-state index is 13.1. The summed E-state index contributed by atoms with van der Waals surface area (Å²) in [5, 5.41) is 0. The van der Waals surface area contributed by atoms with E-state index in [2.05, 4.69) is 11.9 Å². The van der Waals surface area contributed by atoms with Crippen LogP contribution >= 0.6 is 0 Å². The van der Waals surface area contributed by atoms with Gasteiger partial charge in [-0.15, -0.1) is 0 Å². The molecule has 2 fully saturated rings. The lowest BCUT2D eigenvalue weighted by Gasteiger charge is -2.22. The Kier molecular flexibility index (Phi) is 2.86. The summed E-state index contributed by atoms with van der Waals surface area (Å²) in [6, 6.07) is 12.1. The highest BCUT2D eigenvalue weighted by atomic mass is 16.2. The SMILES string of the molecule is Cc1nccc(-c2ccccc2)c1C(=O)N1CC2CC2(C)C1. The van der Waals surface area contributed by atoms with Gasteiger partial charge in [-0.05, 0) is 41.9 Å². The Bertz CT molecular complexity index is 740. The van der Waals surface area contributed by atoms with Gasteiger partial charge in [0.25, 0.3) is 5.91 Å². The first-order valence-electron chi connectivity index (χ1n) is 7.89. The molecule has 4 rings (SSSR count). The molecule has 2 unspecified atom stereocenters. The largest absolute Gasteiger partial charge is 0.338 e. The number of aryl methyl sites for hydroxylation is 1. The van der Waals surface area contributed by atoms with E-state index < -0.39 is 0 Å². The van der Waals surface area contributed by atoms with Crippen molar-refractivity contribution >= 4 is 5.91 Å². The Balaban J connectivity index is 1.74. The molecule has 1 aliphatic carbocycles. The standard InChI is InChI=1S/C19H20N2O/c1-13-17(18(22)21-11-15-10-19(15,2)12-21)16(8-9-20-13)14-6-4-3-5-7-14/h3-9,15H,10-12H2,1-2H3. The monoisotopic (exact) mass is 292 g/mol. The topological polar surface area (TPSA) is 33.2 Å². The second-order valence-corrected chi connectivity index (χ2v) is 6.93. The average Bonchev–Trinajstić information content (AvgIpc) is 3.04. The Morgan fingerprint density at radius 2 is 2.05 bits per heavy atom. The van der Waals surface area contributed by atoms with Crippen LogP contribution in [0.4, 0.5) is 0 Å². The number of aromatic nitrogens is 1. The molecule has 112 valence electrons. The number of carbonyl (C=O) groups is 1. The van der Waals surface area contributed by atoms with Gasteiger partial charge in [-0.2, -0.15) is 0 Å². The third kappa shape index (κ3) is 2.04. The van der Waals surface area contributed by atoms with Crippen molar-refractivity contribution < 1.29 is 4.79 Å². The van der Waals surface area contributed by atoms with E-state index in [1.54, 1.807) is 6.20 Å². The van der Waals surface area contributed by atoms with Crippen LogP contribution in [0.15, 0.2) is 42.6 Å². The van der Waals surface area contributed by atoms with E-state index in [-0.39, 0.29) is 5.91 Å². The van der Waals surface area contributed by atoms with Gasteiger partial charge in [0.2, 0.25) is 0 Å². The lowest BCUT2D eigenvalue weighted by atomic mass is 9.98. The van der Waals surface area contributed by atoms with E-state index in [9.17, 15) is 4.79 Å². The molecule has 22 heavy (non-hydrogen) atoms. The number of benzene rings is 1. The first-order valence-corrected chi connectivity index (χ1v) is 7.89. The fraction of sp³-hybridized carbons (Fsp3) is 0.368. The maximum atomic E-state index is 13.1. The fourth-order valence-corrected chi connectivity index (χ4v) is 3.76. The molecule has 2 atom stereocenters. The highest BCUT2D eigenvalue weighted by Crippen LogP contribution is 2.57. The molecule has 2 aliphatic rings. The van der Waals surface area contributed by atoms with Gasteiger partial charge in [0, 0.05) is 19.3 Å². The van der Waals surface area contributed by atoms with Gasteiger partial charge in [0.05, 0.1) is 11.3 Å². The first-order chi connectivity index (χ1) is 10.6. The normalized spacial score (nSPS) is 25.9. The number of fused-ring (bicyclic) bond motifs is 1. The van der Waals surface area contributed by atoms with Crippen molar-refractivity contribution in [2.45, 2.75) is 20.3 Å². The molecule has 0 radical (unpaired) electrons. The molecule has 3 heteroatoms. The zero-order valence-corrected chi connectivity index (χ0v) is 13.0. The summed E-state index contributed by atoms with van der Waals surface area (Å²) in [5.74, 6) is 0.839. The van der Waals surface area contributed by atoms with Crippen LogP contribution in [0.3, 0.4) is 0 Å². The third-order valence-electron chi connectivity index (χ3n) is 5.26. The van der Waals surface area contributed by atoms with Gasteiger partial charge in [-0.3, -0.25) is 9.78 Å². The second kappa shape index (κ2) is 4.67. The number of amides is 1. The quantitative estimate of drug-likeness (QED) is 0.848. The van der Waals surface area contributed by atoms with E-state index in [1.807, 2.05) is 48.2 Å². The predicted octanol–water partition coefficient (Wildman–Crippen LogP) is 3.54. The van der Waals surface area contributed by atoms with Crippen LogP contribution < -0.4 is 0 Å². The van der Waals surface area contributed by atoms with Crippen molar-refractivity contribution in [2.75, 3.05) is 13.1 Å². The van der Waals surface area contributed by atoms with Gasteiger partial charge >= 0.3 is 0 Å². The number of pyridine rings is 1. The minimum atomic E-state index is 0.137. The Morgan fingerprint density at radius 1 is 1.27 bits per heavy atom. The van der Waals surface area contributed by atoms with Crippen LogP contribution in [0.1, 0.15) is 29.4 Å². The number of likely N-dealkylation sites (tertiary alicyclic amines) is 1. The summed E-state index contributed by atoms with van der Waals surface area (Å²) >= 11 is 0. The number of nitrogens with zero attached hydrogens (tertiary/aromatic N) is 2. The molecule has 1 saturated heterocycles. The molecule has 0 bridgehead atoms. The summed E-state index contributed by atoms with van der Waals surface area (Å²) < 4.78 is 0. The van der Waals surface area contributed by atoms with Crippen molar-refractivity contribution in [3.05, 3.63) is 53.9 Å². The van der Waals surface area contributed by atoms with Crippen molar-refractivity contribution in [1.29, 1.82) is 0 Å². The average molecular weight is 292 g/mol. The van der Waals surface area contributed by atoms with E-state index >= 15 is 0 Å². The fourth-order valence-electron chi connectivity index (χ4n) is 3.76.